The minimum absolute atomic E-state index is 0.0163. The van der Waals surface area contributed by atoms with E-state index in [2.05, 4.69) is 0 Å². The molecule has 2 heterocycles. The van der Waals surface area contributed by atoms with Gasteiger partial charge >= 0.3 is 5.97 Å². The Labute approximate surface area is 286 Å². The summed E-state index contributed by atoms with van der Waals surface area (Å²) in [7, 11) is 0. The summed E-state index contributed by atoms with van der Waals surface area (Å²) in [6.45, 7) is 0. The molecule has 7 rings (SSSR count). The minimum Gasteiger partial charge on any atom is -0.508 e. The number of phenols is 2. The third-order valence-corrected chi connectivity index (χ3v) is 11.3. The molecule has 258 valence electrons. The first-order chi connectivity index (χ1) is 23.5. The number of allylic oxidation sites excluding steroid dienone is 2. The molecule has 10 nitrogen and oxygen atoms in total. The number of carbonyl (C=O) groups is 5. The Morgan fingerprint density at radius 1 is 0.800 bits per heavy atom. The number of alkyl halides is 2. The molecular weight excluding hydrogens is 718 g/mol. The third kappa shape index (κ3) is 4.16. The molecule has 4 amide bonds. The largest absolute Gasteiger partial charge is 0.508 e. The Balaban J connectivity index is 1.40. The van der Waals surface area contributed by atoms with Crippen LogP contribution >= 0.6 is 23.2 Å². The van der Waals surface area contributed by atoms with Gasteiger partial charge in [-0.05, 0) is 48.6 Å². The summed E-state index contributed by atoms with van der Waals surface area (Å²) in [5.74, 6) is -25.3. The summed E-state index contributed by atoms with van der Waals surface area (Å²) in [6.07, 6.45) is 0.574. The van der Waals surface area contributed by atoms with Crippen LogP contribution in [0.2, 0.25) is 0 Å². The summed E-state index contributed by atoms with van der Waals surface area (Å²) in [6, 6.07) is 8.07. The molecule has 3 aromatic carbocycles. The average molecular weight is 737 g/mol. The molecule has 0 spiro atoms. The zero-order chi connectivity index (χ0) is 36.4. The summed E-state index contributed by atoms with van der Waals surface area (Å²) in [5.41, 5.74) is -2.44. The topological polar surface area (TPSA) is 153 Å². The predicted octanol–water partition coefficient (Wildman–Crippen LogP) is 5.26. The van der Waals surface area contributed by atoms with Gasteiger partial charge in [-0.1, -0.05) is 23.8 Å². The zero-order valence-corrected chi connectivity index (χ0v) is 26.3. The van der Waals surface area contributed by atoms with E-state index in [-0.39, 0.29) is 33.9 Å². The van der Waals surface area contributed by atoms with Crippen LogP contribution in [0.4, 0.5) is 33.3 Å². The molecule has 50 heavy (non-hydrogen) atoms. The quantitative estimate of drug-likeness (QED) is 0.0820. The molecule has 6 unspecified atom stereocenters. The van der Waals surface area contributed by atoms with Gasteiger partial charge in [0.05, 0.1) is 17.5 Å². The summed E-state index contributed by atoms with van der Waals surface area (Å²) < 4.78 is 73.0. The second-order valence-corrected chi connectivity index (χ2v) is 13.5. The minimum atomic E-state index is -2.75. The Morgan fingerprint density at radius 2 is 1.44 bits per heavy atom. The number of hydrogen-bond donors (Lipinski definition) is 3. The second kappa shape index (κ2) is 11.0. The Kier molecular flexibility index (Phi) is 7.36. The summed E-state index contributed by atoms with van der Waals surface area (Å²) in [5, 5.41) is 29.9. The van der Waals surface area contributed by atoms with Gasteiger partial charge < -0.3 is 15.3 Å². The molecule has 0 radical (unpaired) electrons. The number of fused-ring (bicyclic) bond motifs is 4. The number of carboxylic acids is 1. The van der Waals surface area contributed by atoms with Gasteiger partial charge in [0.2, 0.25) is 17.6 Å². The van der Waals surface area contributed by atoms with Crippen molar-refractivity contribution in [1.82, 2.24) is 0 Å². The fourth-order valence-electron chi connectivity index (χ4n) is 7.74. The molecule has 17 heteroatoms. The summed E-state index contributed by atoms with van der Waals surface area (Å²) in [4.78, 5) is 62.6. The molecule has 4 aliphatic rings. The second-order valence-electron chi connectivity index (χ2n) is 12.3. The van der Waals surface area contributed by atoms with Crippen molar-refractivity contribution in [1.29, 1.82) is 0 Å². The normalized spacial score (nSPS) is 28.8. The first-order valence-corrected chi connectivity index (χ1v) is 15.4. The summed E-state index contributed by atoms with van der Waals surface area (Å²) >= 11 is 14.1. The third-order valence-electron chi connectivity index (χ3n) is 9.89. The fraction of sp³-hybridized carbons (Fsp3) is 0.242. The number of amides is 4. The van der Waals surface area contributed by atoms with Crippen molar-refractivity contribution in [3.8, 4) is 11.5 Å². The van der Waals surface area contributed by atoms with E-state index in [0.29, 0.717) is 4.90 Å². The van der Waals surface area contributed by atoms with E-state index in [1.54, 1.807) is 0 Å². The lowest BCUT2D eigenvalue weighted by atomic mass is 9.56. The number of imide groups is 2. The molecule has 1 saturated carbocycles. The van der Waals surface area contributed by atoms with Gasteiger partial charge in [-0.25, -0.2) is 36.5 Å². The molecule has 3 N–H and O–H groups in total. The Hall–Kier alpha value is -5.02. The number of carbonyl (C=O) groups excluding carboxylic acids is 4. The van der Waals surface area contributed by atoms with Gasteiger partial charge in [0, 0.05) is 12.0 Å². The smallest absolute Gasteiger partial charge is 0.339 e. The highest BCUT2D eigenvalue weighted by Gasteiger charge is 2.77. The van der Waals surface area contributed by atoms with Gasteiger partial charge in [-0.3, -0.25) is 19.2 Å². The Morgan fingerprint density at radius 3 is 2.04 bits per heavy atom. The first-order valence-electron chi connectivity index (χ1n) is 14.7. The maximum absolute atomic E-state index is 15.1. The molecule has 2 aliphatic heterocycles. The van der Waals surface area contributed by atoms with Gasteiger partial charge in [0.15, 0.2) is 33.0 Å². The highest BCUT2D eigenvalue weighted by molar-refractivity contribution is 6.58. The Bertz CT molecular complexity index is 2140. The zero-order valence-electron chi connectivity index (χ0n) is 24.8. The van der Waals surface area contributed by atoms with Crippen molar-refractivity contribution in [2.75, 3.05) is 9.80 Å². The number of anilines is 2. The van der Waals surface area contributed by atoms with Gasteiger partial charge in [0.25, 0.3) is 11.8 Å². The number of carboxylic acid groups (broad SMARTS) is 1. The number of nitrogens with zero attached hydrogens (tertiary/aromatic N) is 2. The lowest BCUT2D eigenvalue weighted by Crippen LogP contribution is -2.60. The molecule has 2 aliphatic carbocycles. The SMILES string of the molecule is O=C(O)c1ccc(N2C(=O)C3CC=C4C(CC5(Cl)C(=O)N(c6c(F)c(F)c(F)c(F)c6F)C(=O)C5(Cl)C4c4cccc(O)c4)C3C2=O)cc1O. The average Bonchev–Trinajstić information content (AvgIpc) is 3.40. The van der Waals surface area contributed by atoms with Crippen molar-refractivity contribution in [3.63, 3.8) is 0 Å². The number of rotatable bonds is 4. The molecule has 2 saturated heterocycles. The standard InChI is InChI=1S/C33H19Cl2F5N2O8/c34-32-10-17-14(6-7-16-19(17)28(46)41(27(16)45)12-4-5-15(29(47)48)18(44)9-12)20(11-2-1-3-13(43)8-11)33(32,35)31(50)42(30(32)49)26-24(39)22(37)21(36)23(38)25(26)40/h1-6,8-9,16-17,19-20,43-44H,7,10H2,(H,47,48). The van der Waals surface area contributed by atoms with E-state index in [1.165, 1.54) is 24.3 Å². The van der Waals surface area contributed by atoms with E-state index in [9.17, 15) is 52.5 Å². The van der Waals surface area contributed by atoms with Crippen LogP contribution in [0, 0.1) is 46.8 Å². The fourth-order valence-corrected chi connectivity index (χ4v) is 8.67. The number of halogens is 7. The highest BCUT2D eigenvalue weighted by atomic mass is 35.5. The lowest BCUT2D eigenvalue weighted by molar-refractivity contribution is -0.125. The van der Waals surface area contributed by atoms with E-state index < -0.39 is 116 Å². The van der Waals surface area contributed by atoms with Crippen LogP contribution in [0.15, 0.2) is 54.1 Å². The maximum Gasteiger partial charge on any atom is 0.339 e. The van der Waals surface area contributed by atoms with Crippen molar-refractivity contribution in [3.05, 3.63) is 94.3 Å². The van der Waals surface area contributed by atoms with Gasteiger partial charge in [0.1, 0.15) is 22.7 Å². The van der Waals surface area contributed by atoms with E-state index in [1.807, 2.05) is 0 Å². The maximum atomic E-state index is 15.1. The van der Waals surface area contributed by atoms with Crippen molar-refractivity contribution < 1.29 is 61.2 Å². The lowest BCUT2D eigenvalue weighted by Gasteiger charge is -2.50. The molecule has 3 fully saturated rings. The van der Waals surface area contributed by atoms with Crippen LogP contribution in [0.5, 0.6) is 11.5 Å². The number of hydrogen-bond acceptors (Lipinski definition) is 7. The number of phenolic OH excluding ortho intramolecular Hbond substituents is 1. The monoisotopic (exact) mass is 736 g/mol. The number of benzene rings is 3. The van der Waals surface area contributed by atoms with E-state index >= 15 is 8.78 Å². The van der Waals surface area contributed by atoms with Crippen molar-refractivity contribution in [2.24, 2.45) is 17.8 Å². The number of aromatic hydroxyl groups is 2. The van der Waals surface area contributed by atoms with Crippen LogP contribution in [0.3, 0.4) is 0 Å². The molecule has 0 aromatic heterocycles. The predicted molar refractivity (Wildman–Crippen MR) is 162 cm³/mol. The molecule has 0 bridgehead atoms. The number of aromatic carboxylic acids is 1. The van der Waals surface area contributed by atoms with Crippen molar-refractivity contribution >= 4 is 64.2 Å². The highest BCUT2D eigenvalue weighted by Crippen LogP contribution is 2.66. The van der Waals surface area contributed by atoms with Crippen LogP contribution in [-0.2, 0) is 19.2 Å². The molecular formula is C33H19Cl2F5N2O8. The van der Waals surface area contributed by atoms with Crippen LogP contribution < -0.4 is 9.80 Å². The van der Waals surface area contributed by atoms with Gasteiger partial charge in [-0.2, -0.15) is 0 Å². The van der Waals surface area contributed by atoms with Crippen LogP contribution in [-0.4, -0.2) is 54.7 Å². The van der Waals surface area contributed by atoms with Crippen LogP contribution in [0.1, 0.15) is 34.7 Å². The van der Waals surface area contributed by atoms with E-state index in [4.69, 9.17) is 23.2 Å². The van der Waals surface area contributed by atoms with Crippen molar-refractivity contribution in [2.45, 2.75) is 28.5 Å². The van der Waals surface area contributed by atoms with Crippen LogP contribution in [0.25, 0.3) is 0 Å². The molecule has 3 aromatic rings. The first kappa shape index (κ1) is 33.5. The van der Waals surface area contributed by atoms with Gasteiger partial charge in [-0.15, -0.1) is 23.2 Å². The molecule has 6 atom stereocenters. The van der Waals surface area contributed by atoms with E-state index in [0.717, 1.165) is 24.3 Å².